The van der Waals surface area contributed by atoms with Crippen molar-refractivity contribution >= 4 is 17.8 Å². The molecule has 0 radical (unpaired) electrons. The lowest BCUT2D eigenvalue weighted by Crippen LogP contribution is -2.43. The molecule has 1 saturated heterocycles. The first-order chi connectivity index (χ1) is 10.5. The molecule has 0 spiro atoms. The van der Waals surface area contributed by atoms with Gasteiger partial charge in [-0.05, 0) is 25.7 Å². The number of nitrogens with zero attached hydrogens (tertiary/aromatic N) is 1. The van der Waals surface area contributed by atoms with Crippen LogP contribution in [0.25, 0.3) is 0 Å². The average Bonchev–Trinajstić information content (AvgIpc) is 2.71. The Balaban J connectivity index is 1.68. The van der Waals surface area contributed by atoms with Crippen molar-refractivity contribution in [2.24, 2.45) is 5.41 Å². The number of carboxylic acid groups (broad SMARTS) is 1. The fraction of sp³-hybridized carbons (Fsp3) is 0.812. The molecular formula is C16H26N2O4. The molecule has 1 heterocycles. The molecule has 0 aromatic carbocycles. The highest BCUT2D eigenvalue weighted by Crippen LogP contribution is 2.44. The number of carbonyl (C=O) groups is 3. The number of nitrogens with one attached hydrogen (secondary N) is 1. The third-order valence-electron chi connectivity index (χ3n) is 4.88. The molecule has 0 atom stereocenters. The van der Waals surface area contributed by atoms with E-state index in [1.165, 1.54) is 12.8 Å². The standard InChI is InChI=1S/C16H26N2O4/c19-13(12-16(15(21)22)7-5-8-16)17-9-6-14(20)18-10-3-1-2-4-11-18/h1-12H2,(H,17,19)(H,21,22). The largest absolute Gasteiger partial charge is 0.481 e. The minimum Gasteiger partial charge on any atom is -0.481 e. The molecule has 0 aromatic heterocycles. The smallest absolute Gasteiger partial charge is 0.310 e. The average molecular weight is 310 g/mol. The van der Waals surface area contributed by atoms with Crippen LogP contribution in [0.4, 0.5) is 0 Å². The SMILES string of the molecule is O=C(CC1(C(=O)O)CCC1)NCCC(=O)N1CCCCCC1. The first-order valence-corrected chi connectivity index (χ1v) is 8.31. The van der Waals surface area contributed by atoms with Crippen LogP contribution in [0.1, 0.15) is 57.8 Å². The van der Waals surface area contributed by atoms with Crippen molar-refractivity contribution in [3.05, 3.63) is 0 Å². The van der Waals surface area contributed by atoms with E-state index in [4.69, 9.17) is 0 Å². The second-order valence-electron chi connectivity index (χ2n) is 6.51. The van der Waals surface area contributed by atoms with E-state index in [1.807, 2.05) is 4.90 Å². The van der Waals surface area contributed by atoms with Crippen LogP contribution in [0.2, 0.25) is 0 Å². The Morgan fingerprint density at radius 3 is 2.14 bits per heavy atom. The zero-order chi connectivity index (χ0) is 16.0. The molecule has 124 valence electrons. The fourth-order valence-corrected chi connectivity index (χ4v) is 3.23. The lowest BCUT2D eigenvalue weighted by Gasteiger charge is -2.36. The summed E-state index contributed by atoms with van der Waals surface area (Å²) in [7, 11) is 0. The van der Waals surface area contributed by atoms with Gasteiger partial charge in [0.1, 0.15) is 0 Å². The molecule has 0 aromatic rings. The number of amides is 2. The zero-order valence-corrected chi connectivity index (χ0v) is 13.1. The summed E-state index contributed by atoms with van der Waals surface area (Å²) >= 11 is 0. The zero-order valence-electron chi connectivity index (χ0n) is 13.1. The molecule has 2 amide bonds. The summed E-state index contributed by atoms with van der Waals surface area (Å²) in [6, 6.07) is 0. The van der Waals surface area contributed by atoms with Crippen LogP contribution in [0.5, 0.6) is 0 Å². The second kappa shape index (κ2) is 7.61. The molecule has 2 fully saturated rings. The van der Waals surface area contributed by atoms with Gasteiger partial charge in [-0.2, -0.15) is 0 Å². The quantitative estimate of drug-likeness (QED) is 0.779. The van der Waals surface area contributed by atoms with Crippen molar-refractivity contribution in [1.29, 1.82) is 0 Å². The van der Waals surface area contributed by atoms with E-state index < -0.39 is 11.4 Å². The molecule has 2 rings (SSSR count). The number of rotatable bonds is 6. The van der Waals surface area contributed by atoms with Crippen molar-refractivity contribution in [2.75, 3.05) is 19.6 Å². The van der Waals surface area contributed by atoms with Gasteiger partial charge in [0.15, 0.2) is 0 Å². The van der Waals surface area contributed by atoms with E-state index in [9.17, 15) is 19.5 Å². The van der Waals surface area contributed by atoms with Gasteiger partial charge in [-0.1, -0.05) is 19.3 Å². The summed E-state index contributed by atoms with van der Waals surface area (Å²) in [5.74, 6) is -1.06. The lowest BCUT2D eigenvalue weighted by atomic mass is 9.66. The summed E-state index contributed by atoms with van der Waals surface area (Å²) in [6.45, 7) is 1.92. The van der Waals surface area contributed by atoms with Crippen LogP contribution in [-0.4, -0.2) is 47.4 Å². The summed E-state index contributed by atoms with van der Waals surface area (Å²) in [5.41, 5.74) is -0.862. The predicted molar refractivity (Wildman–Crippen MR) is 81.2 cm³/mol. The molecule has 1 aliphatic heterocycles. The Morgan fingerprint density at radius 1 is 1.00 bits per heavy atom. The molecule has 1 aliphatic carbocycles. The van der Waals surface area contributed by atoms with Gasteiger partial charge in [-0.25, -0.2) is 0 Å². The molecule has 0 unspecified atom stereocenters. The van der Waals surface area contributed by atoms with Gasteiger partial charge in [0, 0.05) is 32.5 Å². The summed E-state index contributed by atoms with van der Waals surface area (Å²) in [6.07, 6.45) is 6.80. The van der Waals surface area contributed by atoms with Gasteiger partial charge >= 0.3 is 5.97 Å². The fourth-order valence-electron chi connectivity index (χ4n) is 3.23. The van der Waals surface area contributed by atoms with Gasteiger partial charge < -0.3 is 15.3 Å². The maximum absolute atomic E-state index is 12.1. The Labute approximate surface area is 131 Å². The van der Waals surface area contributed by atoms with Crippen LogP contribution in [-0.2, 0) is 14.4 Å². The van der Waals surface area contributed by atoms with Crippen LogP contribution < -0.4 is 5.32 Å². The normalized spacial score (nSPS) is 20.6. The minimum atomic E-state index is -0.880. The molecule has 6 nitrogen and oxygen atoms in total. The molecular weight excluding hydrogens is 284 g/mol. The molecule has 2 aliphatic rings. The minimum absolute atomic E-state index is 0.0280. The Kier molecular flexibility index (Phi) is 5.80. The summed E-state index contributed by atoms with van der Waals surface area (Å²) < 4.78 is 0. The number of hydrogen-bond acceptors (Lipinski definition) is 3. The summed E-state index contributed by atoms with van der Waals surface area (Å²) in [4.78, 5) is 37.0. The Morgan fingerprint density at radius 2 is 1.64 bits per heavy atom. The van der Waals surface area contributed by atoms with E-state index in [2.05, 4.69) is 5.32 Å². The maximum atomic E-state index is 12.1. The summed E-state index contributed by atoms with van der Waals surface area (Å²) in [5, 5.41) is 11.9. The number of carboxylic acids is 1. The third kappa shape index (κ3) is 4.21. The highest BCUT2D eigenvalue weighted by atomic mass is 16.4. The molecule has 2 N–H and O–H groups in total. The van der Waals surface area contributed by atoms with Crippen molar-refractivity contribution in [3.63, 3.8) is 0 Å². The monoisotopic (exact) mass is 310 g/mol. The Bertz CT molecular complexity index is 424. The van der Waals surface area contributed by atoms with Crippen LogP contribution in [0.15, 0.2) is 0 Å². The van der Waals surface area contributed by atoms with Gasteiger partial charge in [0.2, 0.25) is 11.8 Å². The van der Waals surface area contributed by atoms with E-state index in [0.717, 1.165) is 32.4 Å². The van der Waals surface area contributed by atoms with E-state index >= 15 is 0 Å². The number of likely N-dealkylation sites (tertiary alicyclic amines) is 1. The number of aliphatic carboxylic acids is 1. The number of hydrogen-bond donors (Lipinski definition) is 2. The van der Waals surface area contributed by atoms with Crippen molar-refractivity contribution in [3.8, 4) is 0 Å². The van der Waals surface area contributed by atoms with Crippen LogP contribution in [0.3, 0.4) is 0 Å². The third-order valence-corrected chi connectivity index (χ3v) is 4.88. The first kappa shape index (κ1) is 16.8. The second-order valence-corrected chi connectivity index (χ2v) is 6.51. The predicted octanol–water partition coefficient (Wildman–Crippen LogP) is 1.54. The van der Waals surface area contributed by atoms with Gasteiger partial charge in [0.25, 0.3) is 0 Å². The lowest BCUT2D eigenvalue weighted by molar-refractivity contribution is -0.157. The van der Waals surface area contributed by atoms with Crippen molar-refractivity contribution in [2.45, 2.75) is 57.8 Å². The maximum Gasteiger partial charge on any atom is 0.310 e. The first-order valence-electron chi connectivity index (χ1n) is 8.31. The van der Waals surface area contributed by atoms with Crippen molar-refractivity contribution < 1.29 is 19.5 Å². The van der Waals surface area contributed by atoms with Crippen molar-refractivity contribution in [1.82, 2.24) is 10.2 Å². The molecule has 6 heteroatoms. The van der Waals surface area contributed by atoms with E-state index in [-0.39, 0.29) is 18.2 Å². The van der Waals surface area contributed by atoms with Gasteiger partial charge in [0.05, 0.1) is 5.41 Å². The molecule has 0 bridgehead atoms. The molecule has 1 saturated carbocycles. The van der Waals surface area contributed by atoms with Gasteiger partial charge in [-0.15, -0.1) is 0 Å². The topological polar surface area (TPSA) is 86.7 Å². The number of carbonyl (C=O) groups excluding carboxylic acids is 2. The highest BCUT2D eigenvalue weighted by Gasteiger charge is 2.45. The Hall–Kier alpha value is -1.59. The van der Waals surface area contributed by atoms with E-state index in [0.29, 0.717) is 25.8 Å². The van der Waals surface area contributed by atoms with Crippen LogP contribution >= 0.6 is 0 Å². The van der Waals surface area contributed by atoms with Crippen LogP contribution in [0, 0.1) is 5.41 Å². The van der Waals surface area contributed by atoms with E-state index in [1.54, 1.807) is 0 Å². The van der Waals surface area contributed by atoms with Gasteiger partial charge in [-0.3, -0.25) is 14.4 Å². The molecule has 22 heavy (non-hydrogen) atoms. The highest BCUT2D eigenvalue weighted by molar-refractivity contribution is 5.86.